The molecular weight excluding hydrogens is 814 g/mol. The summed E-state index contributed by atoms with van der Waals surface area (Å²) in [6.45, 7) is 16.8. The first-order chi connectivity index (χ1) is 29.4. The Morgan fingerprint density at radius 1 is 1.08 bits per heavy atom. The Morgan fingerprint density at radius 2 is 1.81 bits per heavy atom. The van der Waals surface area contributed by atoms with Gasteiger partial charge in [-0.25, -0.2) is 9.37 Å². The van der Waals surface area contributed by atoms with Gasteiger partial charge in [-0.15, -0.1) is 11.3 Å². The molecule has 1 aliphatic rings. The van der Waals surface area contributed by atoms with Gasteiger partial charge in [-0.3, -0.25) is 28.9 Å². The van der Waals surface area contributed by atoms with Crippen molar-refractivity contribution in [3.05, 3.63) is 45.7 Å². The van der Waals surface area contributed by atoms with E-state index in [0.717, 1.165) is 51.5 Å². The molecule has 16 heteroatoms. The molecule has 1 aromatic heterocycles. The van der Waals surface area contributed by atoms with Crippen molar-refractivity contribution in [2.24, 2.45) is 23.0 Å². The van der Waals surface area contributed by atoms with E-state index in [1.807, 2.05) is 32.7 Å². The summed E-state index contributed by atoms with van der Waals surface area (Å²) in [4.78, 5) is 75.2. The maximum atomic E-state index is 15.0. The van der Waals surface area contributed by atoms with Gasteiger partial charge < -0.3 is 36.4 Å². The number of piperidine rings is 1. The second-order valence-electron chi connectivity index (χ2n) is 17.9. The molecule has 1 aromatic carbocycles. The molecule has 1 saturated heterocycles. The third kappa shape index (κ3) is 15.4. The van der Waals surface area contributed by atoms with Crippen LogP contribution in [0.2, 0.25) is 0 Å². The molecule has 3 rings (SSSR count). The third-order valence-electron chi connectivity index (χ3n) is 12.1. The maximum absolute atomic E-state index is 15.0. The molecule has 6 atom stereocenters. The van der Waals surface area contributed by atoms with E-state index in [1.165, 1.54) is 23.5 Å². The highest BCUT2D eigenvalue weighted by molar-refractivity contribution is 7.09. The van der Waals surface area contributed by atoms with Crippen molar-refractivity contribution in [3.8, 4) is 0 Å². The zero-order valence-electron chi connectivity index (χ0n) is 38.6. The van der Waals surface area contributed by atoms with Crippen LogP contribution in [0.4, 0.5) is 10.1 Å². The number of likely N-dealkylation sites (tertiary alicyclic amines) is 1. The highest BCUT2D eigenvalue weighted by Crippen LogP contribution is 2.32. The molecule has 2 aromatic rings. The molecule has 14 nitrogen and oxygen atoms in total. The number of unbranched alkanes of at least 4 members (excludes halogenated alkanes) is 3. The zero-order chi connectivity index (χ0) is 46.1. The number of thiazole rings is 1. The van der Waals surface area contributed by atoms with E-state index in [-0.39, 0.29) is 66.5 Å². The highest BCUT2D eigenvalue weighted by Gasteiger charge is 2.39. The van der Waals surface area contributed by atoms with Crippen LogP contribution in [0.15, 0.2) is 23.6 Å². The fourth-order valence-electron chi connectivity index (χ4n) is 8.04. The number of carbonyl (C=O) groups is 5. The van der Waals surface area contributed by atoms with Gasteiger partial charge in [-0.1, -0.05) is 72.8 Å². The molecule has 1 aliphatic heterocycles. The number of carbonyl (C=O) groups excluding carboxylic acids is 4. The van der Waals surface area contributed by atoms with Crippen molar-refractivity contribution in [2.45, 2.75) is 156 Å². The predicted molar refractivity (Wildman–Crippen MR) is 242 cm³/mol. The lowest BCUT2D eigenvalue weighted by molar-refractivity contribution is -0.147. The summed E-state index contributed by atoms with van der Waals surface area (Å²) in [5, 5.41) is 20.7. The van der Waals surface area contributed by atoms with Crippen LogP contribution < -0.4 is 21.7 Å². The molecule has 348 valence electrons. The minimum absolute atomic E-state index is 0.0164. The molecule has 0 saturated carbocycles. The number of hydrogen-bond donors (Lipinski definition) is 5. The summed E-state index contributed by atoms with van der Waals surface area (Å²) in [6, 6.07) is 2.28. The number of nitrogens with zero attached hydrogens (tertiary/aromatic N) is 3. The zero-order valence-corrected chi connectivity index (χ0v) is 39.4. The van der Waals surface area contributed by atoms with Gasteiger partial charge in [0.1, 0.15) is 28.7 Å². The van der Waals surface area contributed by atoms with Crippen molar-refractivity contribution in [1.29, 1.82) is 0 Å². The summed E-state index contributed by atoms with van der Waals surface area (Å²) in [5.41, 5.74) is 4.70. The average molecular weight is 888 g/mol. The molecule has 4 amide bonds. The summed E-state index contributed by atoms with van der Waals surface area (Å²) in [6.07, 6.45) is 7.38. The molecule has 62 heavy (non-hydrogen) atoms. The minimum Gasteiger partial charge on any atom is -0.481 e. The Hall–Kier alpha value is -3.99. The lowest BCUT2D eigenvalue weighted by atomic mass is 9.84. The van der Waals surface area contributed by atoms with Gasteiger partial charge in [-0.2, -0.15) is 0 Å². The quantitative estimate of drug-likeness (QED) is 0.0618. The fraction of sp³-hybridized carbons (Fsp3) is 0.696. The molecule has 2 heterocycles. The largest absolute Gasteiger partial charge is 0.481 e. The van der Waals surface area contributed by atoms with Crippen molar-refractivity contribution >= 4 is 46.6 Å². The number of nitrogens with one attached hydrogen (secondary N) is 3. The average Bonchev–Trinajstić information content (AvgIpc) is 3.73. The van der Waals surface area contributed by atoms with Crippen LogP contribution in [0.25, 0.3) is 0 Å². The Bertz CT molecular complexity index is 1770. The maximum Gasteiger partial charge on any atom is 0.309 e. The van der Waals surface area contributed by atoms with Gasteiger partial charge >= 0.3 is 5.97 Å². The van der Waals surface area contributed by atoms with Gasteiger partial charge in [0, 0.05) is 37.0 Å². The Morgan fingerprint density at radius 3 is 2.40 bits per heavy atom. The van der Waals surface area contributed by atoms with E-state index < -0.39 is 47.2 Å². The molecule has 0 radical (unpaired) electrons. The fourth-order valence-corrected chi connectivity index (χ4v) is 8.89. The highest BCUT2D eigenvalue weighted by atomic mass is 32.1. The van der Waals surface area contributed by atoms with Gasteiger partial charge in [-0.05, 0) is 96.0 Å². The van der Waals surface area contributed by atoms with Crippen LogP contribution in [0, 0.1) is 23.1 Å². The van der Waals surface area contributed by atoms with Crippen LogP contribution in [-0.4, -0.2) is 107 Å². The SMILES string of the molecule is CCCCCCN(C(=O)[C@@H](NC(=O)[C@H]1CCCCN1C)[C@@H](C)CC)[C@H](C[C@@H](OCC)c1nc(C(=O)N[C@@H](Cc2ccc(NC(=O)CN)c(F)c2)CC(C)(C)C(=O)O)cs1)C(C)C. The van der Waals surface area contributed by atoms with Crippen LogP contribution >= 0.6 is 11.3 Å². The number of halogens is 1. The molecular formula is C46H74FN7O7S. The minimum atomic E-state index is -1.23. The number of rotatable bonds is 26. The summed E-state index contributed by atoms with van der Waals surface area (Å²) in [7, 11) is 1.97. The second kappa shape index (κ2) is 25.3. The number of nitrogens with two attached hydrogens (primary N) is 1. The number of likely N-dealkylation sites (N-methyl/N-ethyl adjacent to an activating group) is 1. The third-order valence-corrected chi connectivity index (χ3v) is 13.0. The molecule has 0 unspecified atom stereocenters. The summed E-state index contributed by atoms with van der Waals surface area (Å²) >= 11 is 1.27. The number of carboxylic acids is 1. The monoisotopic (exact) mass is 888 g/mol. The van der Waals surface area contributed by atoms with Gasteiger partial charge in [0.05, 0.1) is 23.7 Å². The number of ether oxygens (including phenoxy) is 1. The Kier molecular flexibility index (Phi) is 21.4. The smallest absolute Gasteiger partial charge is 0.309 e. The summed E-state index contributed by atoms with van der Waals surface area (Å²) < 4.78 is 21.3. The van der Waals surface area contributed by atoms with Crippen molar-refractivity contribution < 1.29 is 38.2 Å². The summed E-state index contributed by atoms with van der Waals surface area (Å²) in [5.74, 6) is -3.09. The van der Waals surface area contributed by atoms with E-state index >= 15 is 0 Å². The molecule has 6 N–H and O–H groups in total. The number of anilines is 1. The van der Waals surface area contributed by atoms with E-state index in [0.29, 0.717) is 36.6 Å². The lowest BCUT2D eigenvalue weighted by Gasteiger charge is -2.40. The molecule has 0 aliphatic carbocycles. The second-order valence-corrected chi connectivity index (χ2v) is 18.7. The number of amides is 4. The van der Waals surface area contributed by atoms with Crippen LogP contribution in [0.3, 0.4) is 0 Å². The van der Waals surface area contributed by atoms with E-state index in [1.54, 1.807) is 25.3 Å². The first-order valence-corrected chi connectivity index (χ1v) is 23.5. The predicted octanol–water partition coefficient (Wildman–Crippen LogP) is 6.94. The lowest BCUT2D eigenvalue weighted by Crippen LogP contribution is -2.59. The molecule has 0 spiro atoms. The molecule has 0 bridgehead atoms. The first-order valence-electron chi connectivity index (χ1n) is 22.6. The van der Waals surface area contributed by atoms with Gasteiger partial charge in [0.25, 0.3) is 5.91 Å². The number of aliphatic carboxylic acids is 1. The number of carboxylic acid groups (broad SMARTS) is 1. The number of hydrogen-bond acceptors (Lipinski definition) is 10. The van der Waals surface area contributed by atoms with E-state index in [2.05, 4.69) is 41.6 Å². The normalized spacial score (nSPS) is 17.1. The van der Waals surface area contributed by atoms with E-state index in [9.17, 15) is 33.5 Å². The van der Waals surface area contributed by atoms with Crippen molar-refractivity contribution in [1.82, 2.24) is 25.4 Å². The topological polar surface area (TPSA) is 196 Å². The standard InChI is InChI=1S/C46H74FN7O7S/c1-10-13-14-16-22-54(44(58)40(30(6)11-2)52-42(57)36-18-15-17-21-53(36)9)37(29(4)5)25-38(61-12-3)43-51-35(28-62-43)41(56)49-32(26-46(7,8)45(59)60)23-31-19-20-34(33(47)24-31)50-39(55)27-48/h19-20,24,28-30,32,36-38,40H,10-18,21-23,25-27,48H2,1-9H3,(H,49,56)(H,50,55)(H,52,57)(H,59,60)/t30-,32-,36+,37+,38+,40-/m0/s1. The van der Waals surface area contributed by atoms with Crippen LogP contribution in [-0.2, 0) is 30.3 Å². The first kappa shape index (κ1) is 52.4. The van der Waals surface area contributed by atoms with Crippen LogP contribution in [0.5, 0.6) is 0 Å². The Labute approximate surface area is 372 Å². The Balaban J connectivity index is 1.92. The van der Waals surface area contributed by atoms with Crippen molar-refractivity contribution in [3.63, 3.8) is 0 Å². The van der Waals surface area contributed by atoms with Crippen molar-refractivity contribution in [2.75, 3.05) is 38.6 Å². The van der Waals surface area contributed by atoms with Gasteiger partial charge in [0.15, 0.2) is 0 Å². The van der Waals surface area contributed by atoms with E-state index in [4.69, 9.17) is 15.5 Å². The number of benzene rings is 1. The van der Waals surface area contributed by atoms with Gasteiger partial charge in [0.2, 0.25) is 17.7 Å². The molecule has 1 fully saturated rings. The van der Waals surface area contributed by atoms with Crippen LogP contribution in [0.1, 0.15) is 147 Å². The number of aromatic nitrogens is 1.